The minimum Gasteiger partial charge on any atom is -0.506 e. The lowest BCUT2D eigenvalue weighted by Crippen LogP contribution is -2.35. The predicted molar refractivity (Wildman–Crippen MR) is 105 cm³/mol. The number of carbonyl (C=O) groups is 2. The van der Waals surface area contributed by atoms with Gasteiger partial charge in [0.05, 0.1) is 27.7 Å². The van der Waals surface area contributed by atoms with Crippen molar-refractivity contribution in [2.75, 3.05) is 6.54 Å². The van der Waals surface area contributed by atoms with Crippen LogP contribution in [0, 0.1) is 10.1 Å². The zero-order valence-electron chi connectivity index (χ0n) is 13.5. The van der Waals surface area contributed by atoms with Crippen LogP contribution in [0.25, 0.3) is 0 Å². The molecule has 0 radical (unpaired) electrons. The van der Waals surface area contributed by atoms with Crippen molar-refractivity contribution in [1.29, 1.82) is 0 Å². The van der Waals surface area contributed by atoms with Gasteiger partial charge in [-0.15, -0.1) is 0 Å². The molecular weight excluding hydrogens is 488 g/mol. The molecule has 0 spiro atoms. The van der Waals surface area contributed by atoms with Crippen molar-refractivity contribution in [3.05, 3.63) is 66.6 Å². The number of nitrogens with zero attached hydrogens (tertiary/aromatic N) is 2. The molecule has 0 unspecified atom stereocenters. The van der Waals surface area contributed by atoms with E-state index in [4.69, 9.17) is 0 Å². The second-order valence-electron chi connectivity index (χ2n) is 5.08. The number of nitro benzene ring substituents is 1. The molecule has 9 nitrogen and oxygen atoms in total. The Bertz CT molecular complexity index is 933. The lowest BCUT2D eigenvalue weighted by Gasteiger charge is -2.06. The number of halogens is 2. The summed E-state index contributed by atoms with van der Waals surface area (Å²) in [5, 5.41) is 26.8. The molecule has 2 aromatic carbocycles. The summed E-state index contributed by atoms with van der Waals surface area (Å²) >= 11 is 6.24. The fraction of sp³-hybridized carbons (Fsp3) is 0.0625. The number of rotatable bonds is 6. The Labute approximate surface area is 169 Å². The number of benzene rings is 2. The van der Waals surface area contributed by atoms with Crippen molar-refractivity contribution in [2.24, 2.45) is 5.10 Å². The minimum atomic E-state index is -0.628. The molecule has 2 aromatic rings. The van der Waals surface area contributed by atoms with Crippen molar-refractivity contribution >= 4 is 55.6 Å². The van der Waals surface area contributed by atoms with Gasteiger partial charge in [0, 0.05) is 22.2 Å². The highest BCUT2D eigenvalue weighted by molar-refractivity contribution is 9.10. The molecule has 0 aliphatic rings. The van der Waals surface area contributed by atoms with E-state index >= 15 is 0 Å². The lowest BCUT2D eigenvalue weighted by atomic mass is 10.2. The summed E-state index contributed by atoms with van der Waals surface area (Å²) in [6, 6.07) is 8.98. The van der Waals surface area contributed by atoms with Gasteiger partial charge in [0.15, 0.2) is 0 Å². The van der Waals surface area contributed by atoms with Crippen LogP contribution in [0.3, 0.4) is 0 Å². The first kappa shape index (κ1) is 20.5. The van der Waals surface area contributed by atoms with E-state index in [-0.39, 0.29) is 28.0 Å². The quantitative estimate of drug-likeness (QED) is 0.319. The van der Waals surface area contributed by atoms with Gasteiger partial charge in [-0.25, -0.2) is 5.43 Å². The monoisotopic (exact) mass is 498 g/mol. The van der Waals surface area contributed by atoms with Crippen LogP contribution < -0.4 is 10.7 Å². The third-order valence-electron chi connectivity index (χ3n) is 3.21. The zero-order chi connectivity index (χ0) is 20.0. The maximum absolute atomic E-state index is 12.0. The number of hydrogen-bond donors (Lipinski definition) is 3. The normalized spacial score (nSPS) is 10.6. The molecule has 11 heteroatoms. The lowest BCUT2D eigenvalue weighted by molar-refractivity contribution is -0.385. The van der Waals surface area contributed by atoms with Gasteiger partial charge in [-0.3, -0.25) is 19.7 Å². The Kier molecular flexibility index (Phi) is 7.02. The molecule has 0 aliphatic carbocycles. The van der Waals surface area contributed by atoms with Crippen LogP contribution in [-0.2, 0) is 4.79 Å². The molecule has 0 aliphatic heterocycles. The third kappa shape index (κ3) is 5.59. The molecule has 0 fully saturated rings. The molecule has 3 N–H and O–H groups in total. The van der Waals surface area contributed by atoms with Crippen LogP contribution in [0.4, 0.5) is 5.69 Å². The van der Waals surface area contributed by atoms with Crippen LogP contribution in [0.15, 0.2) is 50.4 Å². The summed E-state index contributed by atoms with van der Waals surface area (Å²) in [6.07, 6.45) is 1.06. The van der Waals surface area contributed by atoms with E-state index < -0.39 is 16.7 Å². The fourth-order valence-corrected chi connectivity index (χ4v) is 2.85. The summed E-state index contributed by atoms with van der Waals surface area (Å²) in [5.74, 6) is -1.32. The van der Waals surface area contributed by atoms with E-state index in [1.165, 1.54) is 0 Å². The molecule has 0 atom stereocenters. The number of nitro groups is 1. The topological polar surface area (TPSA) is 134 Å². The summed E-state index contributed by atoms with van der Waals surface area (Å²) in [5.41, 5.74) is 2.31. The Balaban J connectivity index is 1.95. The van der Waals surface area contributed by atoms with E-state index in [1.54, 1.807) is 24.3 Å². The largest absolute Gasteiger partial charge is 0.506 e. The highest BCUT2D eigenvalue weighted by Gasteiger charge is 2.14. The highest BCUT2D eigenvalue weighted by Crippen LogP contribution is 2.31. The number of phenolic OH excluding ortho intramolecular Hbond substituents is 1. The molecule has 0 bridgehead atoms. The standard InChI is InChI=1S/C16H12Br2N4O5/c17-12-4-2-1-3-11(12)16(25)19-8-14(23)21-20-7-9-5-10(22(26)27)6-13(18)15(9)24/h1-7,24H,8H2,(H,19,25)(H,21,23)/b20-7+. The Hall–Kier alpha value is -2.79. The van der Waals surface area contributed by atoms with Crippen LogP contribution in [0.2, 0.25) is 0 Å². The minimum absolute atomic E-state index is 0.0358. The van der Waals surface area contributed by atoms with Gasteiger partial charge in [-0.1, -0.05) is 12.1 Å². The molecule has 0 aromatic heterocycles. The smallest absolute Gasteiger partial charge is 0.271 e. The van der Waals surface area contributed by atoms with Crippen LogP contribution in [0.5, 0.6) is 5.75 Å². The van der Waals surface area contributed by atoms with E-state index in [0.29, 0.717) is 10.0 Å². The molecule has 2 rings (SSSR count). The average Bonchev–Trinajstić information content (AvgIpc) is 2.63. The fourth-order valence-electron chi connectivity index (χ4n) is 1.92. The van der Waals surface area contributed by atoms with E-state index in [1.807, 2.05) is 0 Å². The zero-order valence-corrected chi connectivity index (χ0v) is 16.7. The molecular formula is C16H12Br2N4O5. The second kappa shape index (κ2) is 9.24. The molecule has 0 saturated carbocycles. The number of nitrogens with one attached hydrogen (secondary N) is 2. The summed E-state index contributed by atoms with van der Waals surface area (Å²) in [6.45, 7) is -0.331. The maximum Gasteiger partial charge on any atom is 0.271 e. The highest BCUT2D eigenvalue weighted by atomic mass is 79.9. The summed E-state index contributed by atoms with van der Waals surface area (Å²) < 4.78 is 0.706. The summed E-state index contributed by atoms with van der Waals surface area (Å²) in [4.78, 5) is 33.9. The first-order valence-corrected chi connectivity index (χ1v) is 8.89. The Morgan fingerprint density at radius 1 is 1.22 bits per heavy atom. The summed E-state index contributed by atoms with van der Waals surface area (Å²) in [7, 11) is 0. The first-order chi connectivity index (χ1) is 12.8. The maximum atomic E-state index is 12.0. The van der Waals surface area contributed by atoms with Gasteiger partial charge >= 0.3 is 0 Å². The number of non-ortho nitro benzene ring substituents is 1. The van der Waals surface area contributed by atoms with Crippen molar-refractivity contribution in [3.8, 4) is 5.75 Å². The molecule has 0 saturated heterocycles. The number of phenols is 1. The third-order valence-corrected chi connectivity index (χ3v) is 4.51. The number of hydrazone groups is 1. The SMILES string of the molecule is O=C(CNC(=O)c1ccccc1Br)N/N=C/c1cc([N+](=O)[O-])cc(Br)c1O. The van der Waals surface area contributed by atoms with Crippen molar-refractivity contribution in [3.63, 3.8) is 0 Å². The first-order valence-electron chi connectivity index (χ1n) is 7.31. The number of carbonyl (C=O) groups excluding carboxylic acids is 2. The van der Waals surface area contributed by atoms with Crippen LogP contribution >= 0.6 is 31.9 Å². The number of aromatic hydroxyl groups is 1. The average molecular weight is 500 g/mol. The Morgan fingerprint density at radius 2 is 1.93 bits per heavy atom. The van der Waals surface area contributed by atoms with Gasteiger partial charge in [0.25, 0.3) is 17.5 Å². The van der Waals surface area contributed by atoms with E-state index in [9.17, 15) is 24.8 Å². The number of amides is 2. The van der Waals surface area contributed by atoms with Crippen LogP contribution in [-0.4, -0.2) is 34.6 Å². The van der Waals surface area contributed by atoms with Crippen molar-refractivity contribution in [1.82, 2.24) is 10.7 Å². The molecule has 2 amide bonds. The molecule has 0 heterocycles. The van der Waals surface area contributed by atoms with Gasteiger partial charge in [0.2, 0.25) is 0 Å². The molecule has 140 valence electrons. The van der Waals surface area contributed by atoms with Crippen molar-refractivity contribution < 1.29 is 19.6 Å². The number of hydrogen-bond acceptors (Lipinski definition) is 6. The second-order valence-corrected chi connectivity index (χ2v) is 6.79. The van der Waals surface area contributed by atoms with E-state index in [0.717, 1.165) is 18.3 Å². The molecule has 27 heavy (non-hydrogen) atoms. The van der Waals surface area contributed by atoms with Crippen molar-refractivity contribution in [2.45, 2.75) is 0 Å². The van der Waals surface area contributed by atoms with Crippen LogP contribution in [0.1, 0.15) is 15.9 Å². The van der Waals surface area contributed by atoms with Gasteiger partial charge in [-0.2, -0.15) is 5.10 Å². The van der Waals surface area contributed by atoms with Gasteiger partial charge < -0.3 is 10.4 Å². The van der Waals surface area contributed by atoms with E-state index in [2.05, 4.69) is 47.7 Å². The predicted octanol–water partition coefficient (Wildman–Crippen LogP) is 2.71. The Morgan fingerprint density at radius 3 is 2.59 bits per heavy atom. The van der Waals surface area contributed by atoms with Gasteiger partial charge in [0.1, 0.15) is 5.75 Å². The van der Waals surface area contributed by atoms with Gasteiger partial charge in [-0.05, 0) is 44.0 Å².